The van der Waals surface area contributed by atoms with Crippen molar-refractivity contribution >= 4 is 29.1 Å². The maximum absolute atomic E-state index is 12.7. The van der Waals surface area contributed by atoms with Crippen molar-refractivity contribution < 1.29 is 14.3 Å². The van der Waals surface area contributed by atoms with Crippen LogP contribution in [0.2, 0.25) is 10.0 Å². The van der Waals surface area contributed by atoms with Gasteiger partial charge in [-0.1, -0.05) is 53.5 Å². The molecular formula is C19H16Cl2N2O3. The molecule has 1 N–H and O–H groups in total. The van der Waals surface area contributed by atoms with E-state index in [1.807, 2.05) is 30.3 Å². The van der Waals surface area contributed by atoms with Crippen molar-refractivity contribution in [2.45, 2.75) is 6.54 Å². The van der Waals surface area contributed by atoms with Gasteiger partial charge in [0.15, 0.2) is 5.69 Å². The van der Waals surface area contributed by atoms with Crippen molar-refractivity contribution in [3.05, 3.63) is 76.1 Å². The Hall–Kier alpha value is -2.34. The average molecular weight is 391 g/mol. The number of carbonyl (C=O) groups is 1. The lowest BCUT2D eigenvalue weighted by Gasteiger charge is -2.20. The van der Waals surface area contributed by atoms with Crippen LogP contribution in [0.25, 0.3) is 11.5 Å². The Kier molecular flexibility index (Phi) is 5.93. The predicted octanol–water partition coefficient (Wildman–Crippen LogP) is 4.28. The van der Waals surface area contributed by atoms with Gasteiger partial charge >= 0.3 is 0 Å². The van der Waals surface area contributed by atoms with Crippen molar-refractivity contribution in [3.8, 4) is 11.5 Å². The van der Waals surface area contributed by atoms with Gasteiger partial charge in [-0.25, -0.2) is 4.98 Å². The molecule has 0 radical (unpaired) electrons. The molecule has 5 nitrogen and oxygen atoms in total. The quantitative estimate of drug-likeness (QED) is 0.681. The number of aromatic nitrogens is 1. The van der Waals surface area contributed by atoms with E-state index in [-0.39, 0.29) is 30.6 Å². The minimum atomic E-state index is -0.321. The highest BCUT2D eigenvalue weighted by atomic mass is 35.5. The summed E-state index contributed by atoms with van der Waals surface area (Å²) in [6.45, 7) is 0.425. The van der Waals surface area contributed by atoms with E-state index in [0.717, 1.165) is 5.56 Å². The van der Waals surface area contributed by atoms with Crippen LogP contribution >= 0.6 is 23.2 Å². The summed E-state index contributed by atoms with van der Waals surface area (Å²) < 4.78 is 5.42. The van der Waals surface area contributed by atoms with Crippen LogP contribution < -0.4 is 0 Å². The second-order valence-corrected chi connectivity index (χ2v) is 6.42. The molecule has 1 aromatic heterocycles. The zero-order chi connectivity index (χ0) is 18.5. The predicted molar refractivity (Wildman–Crippen MR) is 100 cm³/mol. The van der Waals surface area contributed by atoms with Crippen LogP contribution in [0.15, 0.2) is 59.2 Å². The van der Waals surface area contributed by atoms with Gasteiger partial charge in [0, 0.05) is 18.7 Å². The number of halogens is 2. The summed E-state index contributed by atoms with van der Waals surface area (Å²) in [7, 11) is 0. The van der Waals surface area contributed by atoms with Crippen LogP contribution in [0, 0.1) is 0 Å². The molecule has 26 heavy (non-hydrogen) atoms. The molecule has 7 heteroatoms. The Balaban J connectivity index is 1.81. The van der Waals surface area contributed by atoms with E-state index in [0.29, 0.717) is 22.2 Å². The number of benzene rings is 2. The van der Waals surface area contributed by atoms with E-state index in [9.17, 15) is 9.90 Å². The summed E-state index contributed by atoms with van der Waals surface area (Å²) in [5.74, 6) is -0.0476. The van der Waals surface area contributed by atoms with E-state index in [1.165, 1.54) is 11.2 Å². The van der Waals surface area contributed by atoms with Gasteiger partial charge in [-0.05, 0) is 23.8 Å². The van der Waals surface area contributed by atoms with Crippen LogP contribution in [0.5, 0.6) is 0 Å². The Morgan fingerprint density at radius 2 is 1.88 bits per heavy atom. The third-order valence-electron chi connectivity index (χ3n) is 3.76. The first-order valence-electron chi connectivity index (χ1n) is 7.93. The Morgan fingerprint density at radius 1 is 1.12 bits per heavy atom. The van der Waals surface area contributed by atoms with Crippen molar-refractivity contribution in [2.24, 2.45) is 0 Å². The fourth-order valence-electron chi connectivity index (χ4n) is 2.47. The third kappa shape index (κ3) is 4.25. The summed E-state index contributed by atoms with van der Waals surface area (Å²) in [5.41, 5.74) is 1.74. The number of hydrogen-bond acceptors (Lipinski definition) is 4. The molecule has 0 atom stereocenters. The number of amides is 1. The molecule has 0 unspecified atom stereocenters. The maximum Gasteiger partial charge on any atom is 0.276 e. The highest BCUT2D eigenvalue weighted by Gasteiger charge is 2.20. The van der Waals surface area contributed by atoms with Gasteiger partial charge < -0.3 is 14.4 Å². The van der Waals surface area contributed by atoms with Gasteiger partial charge in [0.2, 0.25) is 5.89 Å². The lowest BCUT2D eigenvalue weighted by Crippen LogP contribution is -2.33. The van der Waals surface area contributed by atoms with Gasteiger partial charge in [0.05, 0.1) is 16.7 Å². The lowest BCUT2D eigenvalue weighted by atomic mass is 10.2. The van der Waals surface area contributed by atoms with Gasteiger partial charge in [0.1, 0.15) is 6.26 Å². The van der Waals surface area contributed by atoms with Crippen LogP contribution in [0.1, 0.15) is 16.1 Å². The average Bonchev–Trinajstić information content (AvgIpc) is 3.14. The molecule has 0 spiro atoms. The molecule has 134 valence electrons. The lowest BCUT2D eigenvalue weighted by molar-refractivity contribution is 0.0702. The maximum atomic E-state index is 12.7. The molecule has 3 rings (SSSR count). The first-order valence-corrected chi connectivity index (χ1v) is 8.69. The first kappa shape index (κ1) is 18.5. The molecule has 1 amide bonds. The zero-order valence-corrected chi connectivity index (χ0v) is 15.2. The Labute approximate surface area is 160 Å². The van der Waals surface area contributed by atoms with Crippen molar-refractivity contribution in [3.63, 3.8) is 0 Å². The molecule has 3 aromatic rings. The number of aliphatic hydroxyl groups excluding tert-OH is 1. The Bertz CT molecular complexity index is 897. The topological polar surface area (TPSA) is 66.6 Å². The van der Waals surface area contributed by atoms with Gasteiger partial charge in [-0.15, -0.1) is 0 Å². The SMILES string of the molecule is O=C(c1coc(-c2ccc(Cl)c(Cl)c2)n1)N(CCO)Cc1ccccc1. The summed E-state index contributed by atoms with van der Waals surface area (Å²) in [6.07, 6.45) is 1.30. The number of hydrogen-bond donors (Lipinski definition) is 1. The number of rotatable bonds is 6. The van der Waals surface area contributed by atoms with Crippen LogP contribution in [-0.2, 0) is 6.54 Å². The molecule has 0 bridgehead atoms. The van der Waals surface area contributed by atoms with E-state index in [4.69, 9.17) is 27.6 Å². The molecule has 0 saturated carbocycles. The first-order chi connectivity index (χ1) is 12.6. The molecule has 2 aromatic carbocycles. The van der Waals surface area contributed by atoms with Crippen molar-refractivity contribution in [2.75, 3.05) is 13.2 Å². The van der Waals surface area contributed by atoms with Gasteiger partial charge in [0.25, 0.3) is 5.91 Å². The molecule has 0 fully saturated rings. The largest absolute Gasteiger partial charge is 0.444 e. The summed E-state index contributed by atoms with van der Waals surface area (Å²) in [4.78, 5) is 18.5. The zero-order valence-electron chi connectivity index (χ0n) is 13.7. The van der Waals surface area contributed by atoms with Gasteiger partial charge in [-0.2, -0.15) is 0 Å². The fraction of sp³-hybridized carbons (Fsp3) is 0.158. The minimum Gasteiger partial charge on any atom is -0.444 e. The smallest absolute Gasteiger partial charge is 0.276 e. The summed E-state index contributed by atoms with van der Waals surface area (Å²) in [6, 6.07) is 14.5. The molecule has 1 heterocycles. The monoisotopic (exact) mass is 390 g/mol. The molecule has 0 saturated heterocycles. The van der Waals surface area contributed by atoms with E-state index in [1.54, 1.807) is 18.2 Å². The standard InChI is InChI=1S/C19H16Cl2N2O3/c20-15-7-6-14(10-16(15)21)18-22-17(12-26-18)19(25)23(8-9-24)11-13-4-2-1-3-5-13/h1-7,10,12,24H,8-9,11H2. The number of oxazole rings is 1. The second kappa shape index (κ2) is 8.36. The number of carbonyl (C=O) groups excluding carboxylic acids is 1. The van der Waals surface area contributed by atoms with E-state index in [2.05, 4.69) is 4.98 Å². The van der Waals surface area contributed by atoms with Gasteiger partial charge in [-0.3, -0.25) is 4.79 Å². The number of aliphatic hydroxyl groups is 1. The summed E-state index contributed by atoms with van der Waals surface area (Å²) >= 11 is 11.9. The van der Waals surface area contributed by atoms with Crippen LogP contribution in [0.4, 0.5) is 0 Å². The number of nitrogens with zero attached hydrogens (tertiary/aromatic N) is 2. The molecular weight excluding hydrogens is 375 g/mol. The van der Waals surface area contributed by atoms with Crippen molar-refractivity contribution in [1.82, 2.24) is 9.88 Å². The van der Waals surface area contributed by atoms with Crippen LogP contribution in [0.3, 0.4) is 0 Å². The summed E-state index contributed by atoms with van der Waals surface area (Å²) in [5, 5.41) is 10.1. The normalized spacial score (nSPS) is 10.7. The third-order valence-corrected chi connectivity index (χ3v) is 4.50. The minimum absolute atomic E-state index is 0.143. The molecule has 0 aliphatic heterocycles. The Morgan fingerprint density at radius 3 is 2.58 bits per heavy atom. The fourth-order valence-corrected chi connectivity index (χ4v) is 2.77. The highest BCUT2D eigenvalue weighted by Crippen LogP contribution is 2.28. The van der Waals surface area contributed by atoms with Crippen LogP contribution in [-0.4, -0.2) is 34.0 Å². The van der Waals surface area contributed by atoms with E-state index >= 15 is 0 Å². The molecule has 0 aliphatic carbocycles. The van der Waals surface area contributed by atoms with Crippen molar-refractivity contribution in [1.29, 1.82) is 0 Å². The highest BCUT2D eigenvalue weighted by molar-refractivity contribution is 6.42. The van der Waals surface area contributed by atoms with E-state index < -0.39 is 0 Å². The second-order valence-electron chi connectivity index (χ2n) is 5.60. The molecule has 0 aliphatic rings.